The van der Waals surface area contributed by atoms with Crippen LogP contribution in [-0.2, 0) is 0 Å². The first-order valence-electron chi connectivity index (χ1n) is 6.59. The number of benzene rings is 2. The Bertz CT molecular complexity index is 922. The van der Waals surface area contributed by atoms with Gasteiger partial charge in [0, 0.05) is 23.3 Å². The standard InChI is InChI=1S/C17H13N3/c1-11-2-3-13-8-18-9-15(14(13)6-11)12-4-5-16-17(7-12)20-10-19-16/h2-10H,1H3,(H,19,20). The summed E-state index contributed by atoms with van der Waals surface area (Å²) in [6.45, 7) is 2.11. The summed E-state index contributed by atoms with van der Waals surface area (Å²) >= 11 is 0. The summed E-state index contributed by atoms with van der Waals surface area (Å²) in [4.78, 5) is 11.8. The second-order valence-corrected chi connectivity index (χ2v) is 5.05. The van der Waals surface area contributed by atoms with E-state index < -0.39 is 0 Å². The highest BCUT2D eigenvalue weighted by Gasteiger charge is 2.06. The monoisotopic (exact) mass is 259 g/mol. The molecule has 0 radical (unpaired) electrons. The molecule has 20 heavy (non-hydrogen) atoms. The number of H-pyrrole nitrogens is 1. The van der Waals surface area contributed by atoms with E-state index in [-0.39, 0.29) is 0 Å². The number of aromatic nitrogens is 3. The molecule has 0 bridgehead atoms. The van der Waals surface area contributed by atoms with E-state index in [1.54, 1.807) is 6.33 Å². The first-order chi connectivity index (χ1) is 9.81. The molecule has 2 aromatic carbocycles. The van der Waals surface area contributed by atoms with Gasteiger partial charge in [0.05, 0.1) is 17.4 Å². The highest BCUT2D eigenvalue weighted by Crippen LogP contribution is 2.29. The minimum Gasteiger partial charge on any atom is -0.345 e. The van der Waals surface area contributed by atoms with E-state index in [0.717, 1.165) is 27.5 Å². The summed E-state index contributed by atoms with van der Waals surface area (Å²) in [6, 6.07) is 12.7. The van der Waals surface area contributed by atoms with Crippen molar-refractivity contribution in [2.75, 3.05) is 0 Å². The Hall–Kier alpha value is -2.68. The van der Waals surface area contributed by atoms with Crippen molar-refractivity contribution < 1.29 is 0 Å². The zero-order valence-electron chi connectivity index (χ0n) is 11.1. The molecule has 0 unspecified atom stereocenters. The molecule has 3 nitrogen and oxygen atoms in total. The van der Waals surface area contributed by atoms with E-state index in [0.29, 0.717) is 0 Å². The van der Waals surface area contributed by atoms with Gasteiger partial charge in [0.25, 0.3) is 0 Å². The molecule has 0 fully saturated rings. The molecule has 0 aliphatic rings. The highest BCUT2D eigenvalue weighted by atomic mass is 14.9. The molecule has 0 saturated carbocycles. The van der Waals surface area contributed by atoms with Crippen LogP contribution in [0.25, 0.3) is 32.9 Å². The third-order valence-electron chi connectivity index (χ3n) is 3.65. The van der Waals surface area contributed by atoms with Crippen LogP contribution in [0.15, 0.2) is 55.1 Å². The Morgan fingerprint density at radius 1 is 1.00 bits per heavy atom. The van der Waals surface area contributed by atoms with Crippen molar-refractivity contribution in [3.05, 3.63) is 60.7 Å². The maximum Gasteiger partial charge on any atom is 0.0931 e. The number of aromatic amines is 1. The zero-order valence-corrected chi connectivity index (χ0v) is 11.1. The van der Waals surface area contributed by atoms with Crippen molar-refractivity contribution in [1.82, 2.24) is 15.0 Å². The van der Waals surface area contributed by atoms with Crippen LogP contribution in [0.3, 0.4) is 0 Å². The van der Waals surface area contributed by atoms with Gasteiger partial charge in [0.15, 0.2) is 0 Å². The summed E-state index contributed by atoms with van der Waals surface area (Å²) in [7, 11) is 0. The van der Waals surface area contributed by atoms with Gasteiger partial charge in [-0.15, -0.1) is 0 Å². The van der Waals surface area contributed by atoms with Crippen molar-refractivity contribution in [3.63, 3.8) is 0 Å². The first-order valence-corrected chi connectivity index (χ1v) is 6.59. The Labute approximate surface area is 116 Å². The minimum atomic E-state index is 0.984. The number of imidazole rings is 1. The van der Waals surface area contributed by atoms with Gasteiger partial charge in [-0.05, 0) is 30.0 Å². The molecule has 4 aromatic rings. The Kier molecular flexibility index (Phi) is 2.33. The van der Waals surface area contributed by atoms with Crippen LogP contribution >= 0.6 is 0 Å². The molecule has 3 heteroatoms. The van der Waals surface area contributed by atoms with Gasteiger partial charge in [0.1, 0.15) is 0 Å². The van der Waals surface area contributed by atoms with Crippen molar-refractivity contribution in [3.8, 4) is 11.1 Å². The van der Waals surface area contributed by atoms with Crippen LogP contribution in [0.2, 0.25) is 0 Å². The van der Waals surface area contributed by atoms with Crippen LogP contribution in [0.5, 0.6) is 0 Å². The van der Waals surface area contributed by atoms with Gasteiger partial charge in [-0.25, -0.2) is 4.98 Å². The molecule has 0 atom stereocenters. The zero-order chi connectivity index (χ0) is 13.5. The molecule has 2 heterocycles. The fourth-order valence-corrected chi connectivity index (χ4v) is 2.61. The maximum atomic E-state index is 4.36. The minimum absolute atomic E-state index is 0.984. The fraction of sp³-hybridized carbons (Fsp3) is 0.0588. The van der Waals surface area contributed by atoms with E-state index in [1.807, 2.05) is 18.5 Å². The number of hydrogen-bond acceptors (Lipinski definition) is 2. The SMILES string of the molecule is Cc1ccc2cncc(-c3ccc4nc[nH]c4c3)c2c1. The molecule has 96 valence electrons. The van der Waals surface area contributed by atoms with Crippen LogP contribution in [-0.4, -0.2) is 15.0 Å². The Balaban J connectivity index is 2.03. The predicted molar refractivity (Wildman–Crippen MR) is 81.6 cm³/mol. The number of aryl methyl sites for hydroxylation is 1. The quantitative estimate of drug-likeness (QED) is 0.559. The molecule has 0 saturated heterocycles. The third kappa shape index (κ3) is 1.67. The summed E-state index contributed by atoms with van der Waals surface area (Å²) in [5.74, 6) is 0. The number of nitrogens with one attached hydrogen (secondary N) is 1. The average Bonchev–Trinajstić information content (AvgIpc) is 2.94. The molecular weight excluding hydrogens is 246 g/mol. The van der Waals surface area contributed by atoms with Gasteiger partial charge in [-0.3, -0.25) is 4.98 Å². The summed E-state index contributed by atoms with van der Waals surface area (Å²) in [6.07, 6.45) is 5.56. The predicted octanol–water partition coefficient (Wildman–Crippen LogP) is 4.09. The topological polar surface area (TPSA) is 41.6 Å². The van der Waals surface area contributed by atoms with E-state index in [2.05, 4.69) is 52.2 Å². The van der Waals surface area contributed by atoms with Crippen LogP contribution in [0.4, 0.5) is 0 Å². The largest absolute Gasteiger partial charge is 0.345 e. The molecule has 1 N–H and O–H groups in total. The highest BCUT2D eigenvalue weighted by molar-refractivity contribution is 5.97. The van der Waals surface area contributed by atoms with Gasteiger partial charge >= 0.3 is 0 Å². The van der Waals surface area contributed by atoms with E-state index in [4.69, 9.17) is 0 Å². The lowest BCUT2D eigenvalue weighted by Gasteiger charge is -2.07. The lowest BCUT2D eigenvalue weighted by atomic mass is 9.99. The van der Waals surface area contributed by atoms with Crippen molar-refractivity contribution >= 4 is 21.8 Å². The van der Waals surface area contributed by atoms with Crippen LogP contribution in [0, 0.1) is 6.92 Å². The van der Waals surface area contributed by atoms with Crippen LogP contribution in [0.1, 0.15) is 5.56 Å². The van der Waals surface area contributed by atoms with Crippen molar-refractivity contribution in [2.45, 2.75) is 6.92 Å². The van der Waals surface area contributed by atoms with E-state index in [9.17, 15) is 0 Å². The number of fused-ring (bicyclic) bond motifs is 2. The molecule has 2 aromatic heterocycles. The third-order valence-corrected chi connectivity index (χ3v) is 3.65. The smallest absolute Gasteiger partial charge is 0.0931 e. The van der Waals surface area contributed by atoms with Crippen molar-refractivity contribution in [1.29, 1.82) is 0 Å². The van der Waals surface area contributed by atoms with Crippen molar-refractivity contribution in [2.24, 2.45) is 0 Å². The number of hydrogen-bond donors (Lipinski definition) is 1. The Morgan fingerprint density at radius 2 is 1.95 bits per heavy atom. The lowest BCUT2D eigenvalue weighted by Crippen LogP contribution is -1.85. The fourth-order valence-electron chi connectivity index (χ4n) is 2.61. The summed E-state index contributed by atoms with van der Waals surface area (Å²) < 4.78 is 0. The maximum absolute atomic E-state index is 4.36. The summed E-state index contributed by atoms with van der Waals surface area (Å²) in [5, 5.41) is 2.40. The molecule has 0 spiro atoms. The van der Waals surface area contributed by atoms with Gasteiger partial charge < -0.3 is 4.98 Å². The van der Waals surface area contributed by atoms with E-state index >= 15 is 0 Å². The van der Waals surface area contributed by atoms with Gasteiger partial charge in [0.2, 0.25) is 0 Å². The molecular formula is C17H13N3. The number of nitrogens with zero attached hydrogens (tertiary/aromatic N) is 2. The molecule has 0 amide bonds. The summed E-state index contributed by atoms with van der Waals surface area (Å²) in [5.41, 5.74) is 5.60. The average molecular weight is 259 g/mol. The molecule has 0 aliphatic carbocycles. The second-order valence-electron chi connectivity index (χ2n) is 5.05. The molecule has 0 aliphatic heterocycles. The van der Waals surface area contributed by atoms with E-state index in [1.165, 1.54) is 10.9 Å². The number of rotatable bonds is 1. The second kappa shape index (κ2) is 4.17. The first kappa shape index (κ1) is 11.2. The Morgan fingerprint density at radius 3 is 2.90 bits per heavy atom. The number of pyridine rings is 1. The molecule has 4 rings (SSSR count). The van der Waals surface area contributed by atoms with Crippen LogP contribution < -0.4 is 0 Å². The van der Waals surface area contributed by atoms with Gasteiger partial charge in [-0.2, -0.15) is 0 Å². The van der Waals surface area contributed by atoms with Gasteiger partial charge in [-0.1, -0.05) is 29.8 Å². The normalized spacial score (nSPS) is 11.2. The lowest BCUT2D eigenvalue weighted by molar-refractivity contribution is 1.34.